The van der Waals surface area contributed by atoms with Gasteiger partial charge in [-0.2, -0.15) is 0 Å². The Kier molecular flexibility index (Phi) is 4.34. The molecule has 0 bridgehead atoms. The van der Waals surface area contributed by atoms with Crippen molar-refractivity contribution in [3.05, 3.63) is 64.7 Å². The lowest BCUT2D eigenvalue weighted by molar-refractivity contribution is 0.0747. The first-order valence-electron chi connectivity index (χ1n) is 7.50. The average Bonchev–Trinajstić information content (AvgIpc) is 2.54. The molecular weight excluding hydrogens is 296 g/mol. The molecule has 2 aromatic rings. The van der Waals surface area contributed by atoms with Gasteiger partial charge in [-0.15, -0.1) is 0 Å². The van der Waals surface area contributed by atoms with E-state index in [9.17, 15) is 4.79 Å². The third-order valence-electron chi connectivity index (χ3n) is 4.01. The Bertz CT molecular complexity index is 678. The summed E-state index contributed by atoms with van der Waals surface area (Å²) in [6, 6.07) is 15.6. The highest BCUT2D eigenvalue weighted by atomic mass is 35.5. The normalized spacial score (nSPS) is 15.0. The van der Waals surface area contributed by atoms with E-state index < -0.39 is 0 Å². The van der Waals surface area contributed by atoms with Gasteiger partial charge in [0.05, 0.1) is 0 Å². The van der Waals surface area contributed by atoms with E-state index in [4.69, 9.17) is 11.6 Å². The van der Waals surface area contributed by atoms with Gasteiger partial charge >= 0.3 is 0 Å². The van der Waals surface area contributed by atoms with Crippen molar-refractivity contribution in [1.82, 2.24) is 4.90 Å². The predicted octanol–water partition coefficient (Wildman–Crippen LogP) is 3.61. The first-order valence-corrected chi connectivity index (χ1v) is 7.88. The second-order valence-corrected chi connectivity index (χ2v) is 6.07. The van der Waals surface area contributed by atoms with Gasteiger partial charge in [0.25, 0.3) is 5.91 Å². The summed E-state index contributed by atoms with van der Waals surface area (Å²) in [7, 11) is 0. The van der Waals surface area contributed by atoms with Crippen LogP contribution in [0.2, 0.25) is 5.02 Å². The molecule has 3 rings (SSSR count). The molecule has 4 heteroatoms. The van der Waals surface area contributed by atoms with Gasteiger partial charge in [-0.25, -0.2) is 0 Å². The molecule has 0 spiro atoms. The summed E-state index contributed by atoms with van der Waals surface area (Å²) in [4.78, 5) is 16.7. The maximum Gasteiger partial charge on any atom is 0.254 e. The molecule has 0 saturated carbocycles. The Morgan fingerprint density at radius 3 is 2.41 bits per heavy atom. The highest BCUT2D eigenvalue weighted by molar-refractivity contribution is 6.30. The molecule has 2 aromatic carbocycles. The Morgan fingerprint density at radius 1 is 1.00 bits per heavy atom. The number of hydrogen-bond acceptors (Lipinski definition) is 2. The van der Waals surface area contributed by atoms with Crippen LogP contribution >= 0.6 is 11.6 Å². The summed E-state index contributed by atoms with van der Waals surface area (Å²) in [6.07, 6.45) is 0. The zero-order valence-corrected chi connectivity index (χ0v) is 13.4. The van der Waals surface area contributed by atoms with Crippen LogP contribution in [0.4, 0.5) is 5.69 Å². The third kappa shape index (κ3) is 3.25. The van der Waals surface area contributed by atoms with Gasteiger partial charge in [0, 0.05) is 42.5 Å². The van der Waals surface area contributed by atoms with Crippen molar-refractivity contribution in [2.45, 2.75) is 6.92 Å². The number of nitrogens with zero attached hydrogens (tertiary/aromatic N) is 2. The van der Waals surface area contributed by atoms with Crippen LogP contribution < -0.4 is 4.90 Å². The molecule has 0 radical (unpaired) electrons. The van der Waals surface area contributed by atoms with Gasteiger partial charge < -0.3 is 9.80 Å². The number of aryl methyl sites for hydroxylation is 1. The maximum atomic E-state index is 12.5. The standard InChI is InChI=1S/C18H19ClN2O/c1-14-4-2-7-17(12-14)20-8-10-21(11-9-20)18(22)15-5-3-6-16(19)13-15/h2-7,12-13H,8-11H2,1H3. The van der Waals surface area contributed by atoms with Crippen molar-refractivity contribution in [3.8, 4) is 0 Å². The Balaban J connectivity index is 1.65. The number of anilines is 1. The third-order valence-corrected chi connectivity index (χ3v) is 4.24. The molecule has 0 aromatic heterocycles. The van der Waals surface area contributed by atoms with Crippen LogP contribution in [0.5, 0.6) is 0 Å². The van der Waals surface area contributed by atoms with E-state index in [0.29, 0.717) is 10.6 Å². The van der Waals surface area contributed by atoms with E-state index in [1.807, 2.05) is 17.0 Å². The number of benzene rings is 2. The molecule has 114 valence electrons. The lowest BCUT2D eigenvalue weighted by atomic mass is 10.1. The summed E-state index contributed by atoms with van der Waals surface area (Å²) < 4.78 is 0. The molecule has 1 aliphatic rings. The van der Waals surface area contributed by atoms with Crippen molar-refractivity contribution in [2.75, 3.05) is 31.1 Å². The van der Waals surface area contributed by atoms with Crippen LogP contribution in [0, 0.1) is 6.92 Å². The molecule has 1 fully saturated rings. The number of rotatable bonds is 2. The smallest absolute Gasteiger partial charge is 0.254 e. The topological polar surface area (TPSA) is 23.6 Å². The summed E-state index contributed by atoms with van der Waals surface area (Å²) in [5.74, 6) is 0.0615. The fraction of sp³-hybridized carbons (Fsp3) is 0.278. The van der Waals surface area contributed by atoms with Gasteiger partial charge in [-0.3, -0.25) is 4.79 Å². The van der Waals surface area contributed by atoms with Crippen LogP contribution in [-0.4, -0.2) is 37.0 Å². The van der Waals surface area contributed by atoms with Crippen molar-refractivity contribution in [3.63, 3.8) is 0 Å². The Hall–Kier alpha value is -2.00. The average molecular weight is 315 g/mol. The lowest BCUT2D eigenvalue weighted by Crippen LogP contribution is -2.48. The monoisotopic (exact) mass is 314 g/mol. The van der Waals surface area contributed by atoms with E-state index >= 15 is 0 Å². The van der Waals surface area contributed by atoms with Gasteiger partial charge in [-0.1, -0.05) is 29.8 Å². The zero-order chi connectivity index (χ0) is 15.5. The van der Waals surface area contributed by atoms with Crippen LogP contribution in [0.15, 0.2) is 48.5 Å². The molecule has 0 unspecified atom stereocenters. The van der Waals surface area contributed by atoms with Crippen LogP contribution in [0.3, 0.4) is 0 Å². The highest BCUT2D eigenvalue weighted by Gasteiger charge is 2.22. The second-order valence-electron chi connectivity index (χ2n) is 5.63. The minimum Gasteiger partial charge on any atom is -0.368 e. The Morgan fingerprint density at radius 2 is 1.73 bits per heavy atom. The van der Waals surface area contributed by atoms with Crippen molar-refractivity contribution in [1.29, 1.82) is 0 Å². The minimum absolute atomic E-state index is 0.0615. The SMILES string of the molecule is Cc1cccc(N2CCN(C(=O)c3cccc(Cl)c3)CC2)c1. The molecule has 0 aliphatic carbocycles. The summed E-state index contributed by atoms with van der Waals surface area (Å²) >= 11 is 5.97. The molecule has 1 amide bonds. The Labute approximate surface area is 136 Å². The van der Waals surface area contributed by atoms with Crippen molar-refractivity contribution in [2.24, 2.45) is 0 Å². The first-order chi connectivity index (χ1) is 10.6. The first kappa shape index (κ1) is 14.9. The van der Waals surface area contributed by atoms with Gasteiger partial charge in [0.2, 0.25) is 0 Å². The number of carbonyl (C=O) groups is 1. The van der Waals surface area contributed by atoms with Crippen molar-refractivity contribution >= 4 is 23.2 Å². The molecule has 1 heterocycles. The largest absolute Gasteiger partial charge is 0.368 e. The van der Waals surface area contributed by atoms with Crippen LogP contribution in [0.25, 0.3) is 0 Å². The van der Waals surface area contributed by atoms with Crippen LogP contribution in [-0.2, 0) is 0 Å². The lowest BCUT2D eigenvalue weighted by Gasteiger charge is -2.36. The molecule has 1 aliphatic heterocycles. The second kappa shape index (κ2) is 6.41. The molecule has 0 N–H and O–H groups in total. The number of carbonyl (C=O) groups excluding carboxylic acids is 1. The van der Waals surface area contributed by atoms with Gasteiger partial charge in [-0.05, 0) is 42.8 Å². The quantitative estimate of drug-likeness (QED) is 0.845. The number of halogens is 1. The highest BCUT2D eigenvalue weighted by Crippen LogP contribution is 2.19. The number of hydrogen-bond donors (Lipinski definition) is 0. The predicted molar refractivity (Wildman–Crippen MR) is 90.7 cm³/mol. The fourth-order valence-corrected chi connectivity index (χ4v) is 2.99. The molecule has 3 nitrogen and oxygen atoms in total. The summed E-state index contributed by atoms with van der Waals surface area (Å²) in [5.41, 5.74) is 3.15. The molecular formula is C18H19ClN2O. The zero-order valence-electron chi connectivity index (χ0n) is 12.6. The molecule has 0 atom stereocenters. The van der Waals surface area contributed by atoms with Crippen molar-refractivity contribution < 1.29 is 4.79 Å². The maximum absolute atomic E-state index is 12.5. The van der Waals surface area contributed by atoms with E-state index in [0.717, 1.165) is 26.2 Å². The van der Waals surface area contributed by atoms with E-state index in [2.05, 4.69) is 36.1 Å². The number of piperazine rings is 1. The summed E-state index contributed by atoms with van der Waals surface area (Å²) in [6.45, 7) is 5.28. The summed E-state index contributed by atoms with van der Waals surface area (Å²) in [5, 5.41) is 0.601. The van der Waals surface area contributed by atoms with E-state index in [1.165, 1.54) is 11.3 Å². The van der Waals surface area contributed by atoms with Gasteiger partial charge in [0.1, 0.15) is 0 Å². The molecule has 1 saturated heterocycles. The molecule has 22 heavy (non-hydrogen) atoms. The fourth-order valence-electron chi connectivity index (χ4n) is 2.80. The minimum atomic E-state index is 0.0615. The van der Waals surface area contributed by atoms with Gasteiger partial charge in [0.15, 0.2) is 0 Å². The van der Waals surface area contributed by atoms with E-state index in [1.54, 1.807) is 12.1 Å². The van der Waals surface area contributed by atoms with Crippen LogP contribution in [0.1, 0.15) is 15.9 Å². The van der Waals surface area contributed by atoms with E-state index in [-0.39, 0.29) is 5.91 Å². The number of amides is 1.